The van der Waals surface area contributed by atoms with Crippen LogP contribution in [0.2, 0.25) is 0 Å². The summed E-state index contributed by atoms with van der Waals surface area (Å²) >= 11 is 1.33. The number of amides is 2. The zero-order valence-electron chi connectivity index (χ0n) is 12.9. The molecule has 0 aliphatic rings. The minimum absolute atomic E-state index is 0.0557. The minimum atomic E-state index is -0.653. The first-order valence-corrected chi connectivity index (χ1v) is 7.95. The van der Waals surface area contributed by atoms with Gasteiger partial charge in [0.1, 0.15) is 5.25 Å². The van der Waals surface area contributed by atoms with E-state index in [2.05, 4.69) is 10.9 Å². The summed E-state index contributed by atoms with van der Waals surface area (Å²) < 4.78 is 9.78. The van der Waals surface area contributed by atoms with Crippen LogP contribution in [-0.4, -0.2) is 29.6 Å². The van der Waals surface area contributed by atoms with E-state index in [1.807, 2.05) is 30.3 Å². The predicted octanol–water partition coefficient (Wildman–Crippen LogP) is 1.76. The second-order valence-corrected chi connectivity index (χ2v) is 6.07. The van der Waals surface area contributed by atoms with E-state index in [-0.39, 0.29) is 5.76 Å². The normalized spacial score (nSPS) is 11.4. The molecule has 2 aromatic rings. The Balaban J connectivity index is 1.69. The molecule has 0 saturated heterocycles. The summed E-state index contributed by atoms with van der Waals surface area (Å²) in [7, 11) is 0. The van der Waals surface area contributed by atoms with Gasteiger partial charge in [0.25, 0.3) is 5.91 Å². The van der Waals surface area contributed by atoms with Crippen molar-refractivity contribution in [3.63, 3.8) is 0 Å². The van der Waals surface area contributed by atoms with Gasteiger partial charge in [-0.25, -0.2) is 0 Å². The Kier molecular flexibility index (Phi) is 6.44. The topological polar surface area (TPSA) is 97.6 Å². The fourth-order valence-electron chi connectivity index (χ4n) is 1.64. The van der Waals surface area contributed by atoms with Crippen molar-refractivity contribution in [2.45, 2.75) is 17.1 Å². The number of hydrazine groups is 1. The van der Waals surface area contributed by atoms with Crippen molar-refractivity contribution in [1.29, 1.82) is 0 Å². The molecule has 24 heavy (non-hydrogen) atoms. The molecule has 0 aliphatic heterocycles. The summed E-state index contributed by atoms with van der Waals surface area (Å²) in [5.41, 5.74) is 4.28. The molecular formula is C16H16N2O5S. The van der Waals surface area contributed by atoms with Crippen molar-refractivity contribution in [3.05, 3.63) is 54.5 Å². The highest BCUT2D eigenvalue weighted by atomic mass is 32.2. The number of carbonyl (C=O) groups excluding carboxylic acids is 3. The van der Waals surface area contributed by atoms with E-state index in [0.29, 0.717) is 0 Å². The zero-order chi connectivity index (χ0) is 17.4. The van der Waals surface area contributed by atoms with Gasteiger partial charge >= 0.3 is 11.9 Å². The van der Waals surface area contributed by atoms with Gasteiger partial charge in [-0.3, -0.25) is 25.2 Å². The average molecular weight is 348 g/mol. The van der Waals surface area contributed by atoms with E-state index in [1.54, 1.807) is 13.0 Å². The first kappa shape index (κ1) is 17.6. The number of thioether (sulfide) groups is 1. The minimum Gasteiger partial charge on any atom is -0.459 e. The van der Waals surface area contributed by atoms with Gasteiger partial charge < -0.3 is 9.15 Å². The highest BCUT2D eigenvalue weighted by Crippen LogP contribution is 2.23. The fourth-order valence-corrected chi connectivity index (χ4v) is 2.52. The molecule has 0 unspecified atom stereocenters. The monoisotopic (exact) mass is 348 g/mol. The third-order valence-electron chi connectivity index (χ3n) is 2.79. The Morgan fingerprint density at radius 1 is 1.12 bits per heavy atom. The SMILES string of the molecule is C[C@@H](Sc1ccccc1)C(=O)OCC(=O)NNC(=O)c1ccco1. The number of furan rings is 1. The Labute approximate surface area is 142 Å². The molecule has 1 aromatic heterocycles. The van der Waals surface area contributed by atoms with Gasteiger partial charge in [0.15, 0.2) is 12.4 Å². The summed E-state index contributed by atoms with van der Waals surface area (Å²) in [5.74, 6) is -1.72. The lowest BCUT2D eigenvalue weighted by molar-refractivity contribution is -0.147. The Morgan fingerprint density at radius 2 is 1.88 bits per heavy atom. The highest BCUT2D eigenvalue weighted by Gasteiger charge is 2.17. The van der Waals surface area contributed by atoms with Crippen LogP contribution in [0.3, 0.4) is 0 Å². The zero-order valence-corrected chi connectivity index (χ0v) is 13.7. The molecule has 126 valence electrons. The first-order chi connectivity index (χ1) is 11.6. The molecule has 2 amide bonds. The second kappa shape index (κ2) is 8.78. The van der Waals surface area contributed by atoms with E-state index in [9.17, 15) is 14.4 Å². The molecule has 0 radical (unpaired) electrons. The molecule has 0 spiro atoms. The summed E-state index contributed by atoms with van der Waals surface area (Å²) in [4.78, 5) is 35.9. The molecule has 0 saturated carbocycles. The number of carbonyl (C=O) groups is 3. The molecule has 1 heterocycles. The van der Waals surface area contributed by atoms with E-state index in [0.717, 1.165) is 4.90 Å². The number of rotatable bonds is 6. The van der Waals surface area contributed by atoms with Crippen LogP contribution in [0, 0.1) is 0 Å². The van der Waals surface area contributed by atoms with Crippen molar-refractivity contribution in [2.24, 2.45) is 0 Å². The maximum atomic E-state index is 11.9. The van der Waals surface area contributed by atoms with Crippen LogP contribution in [0.25, 0.3) is 0 Å². The largest absolute Gasteiger partial charge is 0.459 e. The molecule has 2 rings (SSSR count). The van der Waals surface area contributed by atoms with Gasteiger partial charge in [0.2, 0.25) is 0 Å². The third kappa shape index (κ3) is 5.47. The van der Waals surface area contributed by atoms with Crippen LogP contribution in [-0.2, 0) is 14.3 Å². The summed E-state index contributed by atoms with van der Waals surface area (Å²) in [6.07, 6.45) is 1.34. The molecule has 2 N–H and O–H groups in total. The van der Waals surface area contributed by atoms with Crippen molar-refractivity contribution in [3.8, 4) is 0 Å². The maximum Gasteiger partial charge on any atom is 0.319 e. The van der Waals surface area contributed by atoms with E-state index < -0.39 is 29.6 Å². The number of ether oxygens (including phenoxy) is 1. The molecule has 0 aliphatic carbocycles. The van der Waals surface area contributed by atoms with Crippen LogP contribution in [0.15, 0.2) is 58.0 Å². The Morgan fingerprint density at radius 3 is 2.54 bits per heavy atom. The van der Waals surface area contributed by atoms with E-state index in [1.165, 1.54) is 24.1 Å². The average Bonchev–Trinajstić information content (AvgIpc) is 3.13. The van der Waals surface area contributed by atoms with Crippen molar-refractivity contribution in [2.75, 3.05) is 6.61 Å². The Bertz CT molecular complexity index is 688. The van der Waals surface area contributed by atoms with Crippen molar-refractivity contribution >= 4 is 29.5 Å². The lowest BCUT2D eigenvalue weighted by Gasteiger charge is -2.11. The first-order valence-electron chi connectivity index (χ1n) is 7.07. The molecule has 0 fully saturated rings. The Hall–Kier alpha value is -2.74. The van der Waals surface area contributed by atoms with E-state index in [4.69, 9.17) is 9.15 Å². The fraction of sp³-hybridized carbons (Fsp3) is 0.188. The molecular weight excluding hydrogens is 332 g/mol. The number of hydrogen-bond donors (Lipinski definition) is 2. The summed E-state index contributed by atoms with van der Waals surface area (Å²) in [6.45, 7) is 1.20. The van der Waals surface area contributed by atoms with Crippen LogP contribution in [0.4, 0.5) is 0 Å². The molecule has 7 nitrogen and oxygen atoms in total. The van der Waals surface area contributed by atoms with E-state index >= 15 is 0 Å². The quantitative estimate of drug-likeness (QED) is 0.469. The second-order valence-electron chi connectivity index (χ2n) is 4.66. The van der Waals surface area contributed by atoms with Crippen LogP contribution in [0.5, 0.6) is 0 Å². The van der Waals surface area contributed by atoms with Crippen LogP contribution < -0.4 is 10.9 Å². The number of hydrogen-bond acceptors (Lipinski definition) is 6. The van der Waals surface area contributed by atoms with Gasteiger partial charge in [-0.2, -0.15) is 0 Å². The highest BCUT2D eigenvalue weighted by molar-refractivity contribution is 8.00. The smallest absolute Gasteiger partial charge is 0.319 e. The molecule has 8 heteroatoms. The number of benzene rings is 1. The van der Waals surface area contributed by atoms with Gasteiger partial charge in [-0.1, -0.05) is 18.2 Å². The van der Waals surface area contributed by atoms with Gasteiger partial charge in [0.05, 0.1) is 6.26 Å². The predicted molar refractivity (Wildman–Crippen MR) is 87.0 cm³/mol. The van der Waals surface area contributed by atoms with Gasteiger partial charge in [-0.15, -0.1) is 11.8 Å². The van der Waals surface area contributed by atoms with Gasteiger partial charge in [0, 0.05) is 4.90 Å². The molecule has 0 bridgehead atoms. The summed E-state index contributed by atoms with van der Waals surface area (Å²) in [5, 5.41) is -0.460. The number of esters is 1. The molecule has 1 atom stereocenters. The summed E-state index contributed by atoms with van der Waals surface area (Å²) in [6, 6.07) is 12.4. The molecule has 1 aromatic carbocycles. The van der Waals surface area contributed by atoms with Crippen LogP contribution in [0.1, 0.15) is 17.5 Å². The maximum absolute atomic E-state index is 11.9. The van der Waals surface area contributed by atoms with Crippen molar-refractivity contribution in [1.82, 2.24) is 10.9 Å². The third-order valence-corrected chi connectivity index (χ3v) is 3.88. The van der Waals surface area contributed by atoms with Crippen molar-refractivity contribution < 1.29 is 23.5 Å². The lowest BCUT2D eigenvalue weighted by Crippen LogP contribution is -2.43. The standard InChI is InChI=1S/C16H16N2O5S/c1-11(24-12-6-3-2-4-7-12)16(21)23-10-14(19)17-18-15(20)13-8-5-9-22-13/h2-9,11H,10H2,1H3,(H,17,19)(H,18,20)/t11-/m1/s1. The van der Waals surface area contributed by atoms with Crippen LogP contribution >= 0.6 is 11.8 Å². The van der Waals surface area contributed by atoms with Gasteiger partial charge in [-0.05, 0) is 31.2 Å². The lowest BCUT2D eigenvalue weighted by atomic mass is 10.4. The number of nitrogens with one attached hydrogen (secondary N) is 2.